The van der Waals surface area contributed by atoms with Gasteiger partial charge in [-0.1, -0.05) is 12.1 Å². The van der Waals surface area contributed by atoms with Gasteiger partial charge in [0.05, 0.1) is 0 Å². The summed E-state index contributed by atoms with van der Waals surface area (Å²) < 4.78 is 0. The van der Waals surface area contributed by atoms with E-state index in [1.54, 1.807) is 0 Å². The Bertz CT molecular complexity index is 517. The van der Waals surface area contributed by atoms with Gasteiger partial charge in [0.25, 0.3) is 0 Å². The van der Waals surface area contributed by atoms with Crippen LogP contribution in [-0.4, -0.2) is 10.1 Å². The average Bonchev–Trinajstić information content (AvgIpc) is 2.17. The van der Waals surface area contributed by atoms with Crippen LogP contribution in [0.4, 0.5) is 5.69 Å². The molecular weight excluding hydrogens is 206 g/mol. The summed E-state index contributed by atoms with van der Waals surface area (Å²) in [5, 5.41) is 5.44. The lowest BCUT2D eigenvalue weighted by Gasteiger charge is -2.09. The number of thiocarbonyl (C=S) groups is 1. The molecule has 0 saturated carbocycles. The Kier molecular flexibility index (Phi) is 2.51. The molecular formula is C11H11N3S. The van der Waals surface area contributed by atoms with Gasteiger partial charge >= 0.3 is 0 Å². The Labute approximate surface area is 93.3 Å². The van der Waals surface area contributed by atoms with Gasteiger partial charge in [0.15, 0.2) is 5.11 Å². The van der Waals surface area contributed by atoms with Crippen molar-refractivity contribution in [2.45, 2.75) is 6.92 Å². The van der Waals surface area contributed by atoms with Crippen LogP contribution in [0, 0.1) is 6.92 Å². The van der Waals surface area contributed by atoms with E-state index < -0.39 is 0 Å². The van der Waals surface area contributed by atoms with Gasteiger partial charge in [-0.15, -0.1) is 0 Å². The Morgan fingerprint density at radius 3 is 2.93 bits per heavy atom. The molecule has 0 saturated heterocycles. The minimum atomic E-state index is 0.277. The van der Waals surface area contributed by atoms with Gasteiger partial charge in [-0.2, -0.15) is 0 Å². The summed E-state index contributed by atoms with van der Waals surface area (Å²) in [5.74, 6) is 0. The van der Waals surface area contributed by atoms with E-state index in [1.807, 2.05) is 37.5 Å². The molecule has 0 unspecified atom stereocenters. The molecule has 0 radical (unpaired) electrons. The molecule has 4 heteroatoms. The molecule has 0 amide bonds. The molecule has 1 heterocycles. The third-order valence-corrected chi connectivity index (χ3v) is 2.33. The maximum absolute atomic E-state index is 5.47. The lowest BCUT2D eigenvalue weighted by molar-refractivity contribution is 1.31. The number of pyridine rings is 1. The monoisotopic (exact) mass is 217 g/mol. The molecule has 2 rings (SSSR count). The van der Waals surface area contributed by atoms with Gasteiger partial charge in [0.2, 0.25) is 0 Å². The van der Waals surface area contributed by atoms with E-state index in [0.29, 0.717) is 0 Å². The van der Waals surface area contributed by atoms with Crippen molar-refractivity contribution in [2.24, 2.45) is 5.73 Å². The Morgan fingerprint density at radius 2 is 2.20 bits per heavy atom. The Hall–Kier alpha value is -1.68. The normalized spacial score (nSPS) is 10.2. The average molecular weight is 217 g/mol. The first-order valence-corrected chi connectivity index (χ1v) is 4.99. The largest absolute Gasteiger partial charge is 0.376 e. The van der Waals surface area contributed by atoms with Crippen LogP contribution in [0.5, 0.6) is 0 Å². The van der Waals surface area contributed by atoms with Gasteiger partial charge in [-0.25, -0.2) is 0 Å². The van der Waals surface area contributed by atoms with E-state index in [9.17, 15) is 0 Å². The minimum Gasteiger partial charge on any atom is -0.376 e. The van der Waals surface area contributed by atoms with Crippen LogP contribution in [0.25, 0.3) is 10.8 Å². The Morgan fingerprint density at radius 1 is 1.40 bits per heavy atom. The number of anilines is 1. The van der Waals surface area contributed by atoms with Crippen molar-refractivity contribution in [1.82, 2.24) is 4.98 Å². The van der Waals surface area contributed by atoms with Gasteiger partial charge in [-0.05, 0) is 30.8 Å². The second-order valence-electron chi connectivity index (χ2n) is 3.35. The summed E-state index contributed by atoms with van der Waals surface area (Å²) in [7, 11) is 0. The highest BCUT2D eigenvalue weighted by Gasteiger charge is 2.03. The van der Waals surface area contributed by atoms with Crippen LogP contribution < -0.4 is 11.1 Å². The summed E-state index contributed by atoms with van der Waals surface area (Å²) in [5.41, 5.74) is 7.50. The fraction of sp³-hybridized carbons (Fsp3) is 0.0909. The van der Waals surface area contributed by atoms with Crippen LogP contribution in [0.3, 0.4) is 0 Å². The predicted octanol–water partition coefficient (Wildman–Crippen LogP) is 2.20. The molecule has 1 aromatic carbocycles. The van der Waals surface area contributed by atoms with Crippen LogP contribution >= 0.6 is 12.2 Å². The molecule has 0 aliphatic heterocycles. The van der Waals surface area contributed by atoms with Gasteiger partial charge in [0.1, 0.15) is 0 Å². The van der Waals surface area contributed by atoms with Gasteiger partial charge in [0, 0.05) is 28.9 Å². The summed E-state index contributed by atoms with van der Waals surface area (Å²) in [6.45, 7) is 2.01. The highest BCUT2D eigenvalue weighted by molar-refractivity contribution is 7.80. The Balaban J connectivity index is 2.68. The first-order valence-electron chi connectivity index (χ1n) is 4.58. The molecule has 0 spiro atoms. The number of fused-ring (bicyclic) bond motifs is 1. The van der Waals surface area contributed by atoms with E-state index in [4.69, 9.17) is 18.0 Å². The maximum atomic E-state index is 5.47. The van der Waals surface area contributed by atoms with Crippen molar-refractivity contribution < 1.29 is 0 Å². The number of rotatable bonds is 1. The smallest absolute Gasteiger partial charge is 0.168 e. The van der Waals surface area contributed by atoms with Crippen molar-refractivity contribution in [1.29, 1.82) is 0 Å². The zero-order valence-corrected chi connectivity index (χ0v) is 9.14. The van der Waals surface area contributed by atoms with Crippen molar-refractivity contribution in [3.05, 3.63) is 36.2 Å². The van der Waals surface area contributed by atoms with Crippen molar-refractivity contribution in [2.75, 3.05) is 5.32 Å². The fourth-order valence-corrected chi connectivity index (χ4v) is 1.76. The summed E-state index contributed by atoms with van der Waals surface area (Å²) >= 11 is 4.83. The second-order valence-corrected chi connectivity index (χ2v) is 3.79. The molecule has 0 fully saturated rings. The molecule has 3 nitrogen and oxygen atoms in total. The van der Waals surface area contributed by atoms with E-state index in [-0.39, 0.29) is 5.11 Å². The SMILES string of the molecule is Cc1cncc2cccc(NC(N)=S)c12. The lowest BCUT2D eigenvalue weighted by atomic mass is 10.1. The standard InChI is InChI=1S/C11H11N3S/c1-7-5-13-6-8-3-2-4-9(10(7)8)14-11(12)15/h2-6H,1H3,(H3,12,14,15). The van der Waals surface area contributed by atoms with E-state index >= 15 is 0 Å². The molecule has 1 aromatic heterocycles. The van der Waals surface area contributed by atoms with Crippen LogP contribution in [0.2, 0.25) is 0 Å². The molecule has 2 aromatic rings. The summed E-state index contributed by atoms with van der Waals surface area (Å²) in [4.78, 5) is 4.14. The predicted molar refractivity (Wildman–Crippen MR) is 66.9 cm³/mol. The van der Waals surface area contributed by atoms with Gasteiger partial charge < -0.3 is 11.1 Å². The summed E-state index contributed by atoms with van der Waals surface area (Å²) in [6, 6.07) is 5.92. The highest BCUT2D eigenvalue weighted by atomic mass is 32.1. The quantitative estimate of drug-likeness (QED) is 0.719. The third-order valence-electron chi connectivity index (χ3n) is 2.23. The fourth-order valence-electron chi connectivity index (χ4n) is 1.65. The zero-order chi connectivity index (χ0) is 10.8. The van der Waals surface area contributed by atoms with E-state index in [2.05, 4.69) is 10.3 Å². The molecule has 3 N–H and O–H groups in total. The molecule has 0 bridgehead atoms. The third kappa shape index (κ3) is 1.89. The second kappa shape index (κ2) is 3.82. The maximum Gasteiger partial charge on any atom is 0.168 e. The zero-order valence-electron chi connectivity index (χ0n) is 8.32. The molecule has 0 atom stereocenters. The molecule has 0 aliphatic carbocycles. The number of nitrogens with zero attached hydrogens (tertiary/aromatic N) is 1. The van der Waals surface area contributed by atoms with Crippen LogP contribution in [-0.2, 0) is 0 Å². The number of hydrogen-bond acceptors (Lipinski definition) is 2. The molecule has 0 aliphatic rings. The topological polar surface area (TPSA) is 50.9 Å². The van der Waals surface area contributed by atoms with Crippen LogP contribution in [0.1, 0.15) is 5.56 Å². The van der Waals surface area contributed by atoms with Gasteiger partial charge in [-0.3, -0.25) is 4.98 Å². The first kappa shape index (κ1) is 9.86. The number of hydrogen-bond donors (Lipinski definition) is 2. The number of nitrogens with two attached hydrogens (primary N) is 1. The number of aryl methyl sites for hydroxylation is 1. The van der Waals surface area contributed by atoms with Crippen molar-refractivity contribution in [3.63, 3.8) is 0 Å². The van der Waals surface area contributed by atoms with Crippen molar-refractivity contribution >= 4 is 33.8 Å². The number of benzene rings is 1. The number of nitrogens with one attached hydrogen (secondary N) is 1. The minimum absolute atomic E-state index is 0.277. The first-order chi connectivity index (χ1) is 7.18. The highest BCUT2D eigenvalue weighted by Crippen LogP contribution is 2.25. The van der Waals surface area contributed by atoms with Crippen LogP contribution in [0.15, 0.2) is 30.6 Å². The van der Waals surface area contributed by atoms with E-state index in [1.165, 1.54) is 0 Å². The molecule has 76 valence electrons. The number of aromatic nitrogens is 1. The lowest BCUT2D eigenvalue weighted by Crippen LogP contribution is -2.19. The van der Waals surface area contributed by atoms with Crippen molar-refractivity contribution in [3.8, 4) is 0 Å². The van der Waals surface area contributed by atoms with E-state index in [0.717, 1.165) is 22.0 Å². The molecule has 15 heavy (non-hydrogen) atoms. The summed E-state index contributed by atoms with van der Waals surface area (Å²) in [6.07, 6.45) is 3.65.